The molecule has 3 aromatic carbocycles. The van der Waals surface area contributed by atoms with Crippen LogP contribution in [0.15, 0.2) is 91.0 Å². The van der Waals surface area contributed by atoms with E-state index in [9.17, 15) is 0 Å². The number of benzene rings is 3. The Hall–Kier alpha value is -1.45. The SMILES string of the molecule is C[S][Ge]([c]1ccccc1)([c]1ccccc1)[c]1ccccc1. The molecule has 0 aliphatic carbocycles. The Bertz CT molecular complexity index is 584. The zero-order valence-corrected chi connectivity index (χ0v) is 15.0. The normalized spacial score (nSPS) is 11.3. The van der Waals surface area contributed by atoms with Gasteiger partial charge in [0, 0.05) is 0 Å². The molecule has 0 saturated heterocycles. The average molecular weight is 351 g/mol. The molecular weight excluding hydrogens is 333 g/mol. The Morgan fingerprint density at radius 1 is 0.524 bits per heavy atom. The molecule has 0 bridgehead atoms. The summed E-state index contributed by atoms with van der Waals surface area (Å²) in [5.74, 6) is 0. The van der Waals surface area contributed by atoms with Crippen LogP contribution in [0.2, 0.25) is 0 Å². The minimum atomic E-state index is -2.62. The Kier molecular flexibility index (Phi) is 4.52. The van der Waals surface area contributed by atoms with E-state index in [4.69, 9.17) is 0 Å². The summed E-state index contributed by atoms with van der Waals surface area (Å²) in [7, 11) is 2.06. The van der Waals surface area contributed by atoms with Gasteiger partial charge in [-0.3, -0.25) is 0 Å². The van der Waals surface area contributed by atoms with Crippen molar-refractivity contribution in [2.75, 3.05) is 6.26 Å². The molecule has 0 aliphatic rings. The third kappa shape index (κ3) is 2.68. The molecule has 0 aliphatic heterocycles. The molecule has 0 spiro atoms. The molecule has 0 N–H and O–H groups in total. The fourth-order valence-electron chi connectivity index (χ4n) is 2.87. The average Bonchev–Trinajstić information content (AvgIpc) is 2.59. The number of rotatable bonds is 4. The summed E-state index contributed by atoms with van der Waals surface area (Å²) in [4.78, 5) is 0. The van der Waals surface area contributed by atoms with E-state index >= 15 is 0 Å². The van der Waals surface area contributed by atoms with E-state index in [0.29, 0.717) is 0 Å². The summed E-state index contributed by atoms with van der Waals surface area (Å²) in [6.45, 7) is 0. The van der Waals surface area contributed by atoms with Gasteiger partial charge in [-0.15, -0.1) is 0 Å². The Morgan fingerprint density at radius 2 is 0.810 bits per heavy atom. The second-order valence-electron chi connectivity index (χ2n) is 4.98. The molecule has 21 heavy (non-hydrogen) atoms. The van der Waals surface area contributed by atoms with Crippen molar-refractivity contribution in [3.8, 4) is 0 Å². The first-order chi connectivity index (χ1) is 10.4. The molecular formula is C19H18GeS. The molecule has 3 aromatic rings. The summed E-state index contributed by atoms with van der Waals surface area (Å²) >= 11 is -2.62. The Morgan fingerprint density at radius 3 is 1.05 bits per heavy atom. The van der Waals surface area contributed by atoms with E-state index in [1.54, 1.807) is 0 Å². The minimum absolute atomic E-state index is 1.50. The molecule has 0 atom stereocenters. The molecule has 0 fully saturated rings. The van der Waals surface area contributed by atoms with Crippen LogP contribution < -0.4 is 13.2 Å². The fourth-order valence-corrected chi connectivity index (χ4v) is 16.4. The zero-order chi connectivity index (χ0) is 14.5. The molecule has 104 valence electrons. The van der Waals surface area contributed by atoms with Crippen LogP contribution in [-0.2, 0) is 0 Å². The van der Waals surface area contributed by atoms with Crippen molar-refractivity contribution in [3.63, 3.8) is 0 Å². The fraction of sp³-hybridized carbons (Fsp3) is 0.0526. The molecule has 0 aromatic heterocycles. The zero-order valence-electron chi connectivity index (χ0n) is 12.1. The topological polar surface area (TPSA) is 0 Å². The van der Waals surface area contributed by atoms with Crippen LogP contribution in [0.4, 0.5) is 0 Å². The van der Waals surface area contributed by atoms with Crippen molar-refractivity contribution in [2.24, 2.45) is 0 Å². The van der Waals surface area contributed by atoms with Crippen LogP contribution in [0.25, 0.3) is 0 Å². The first kappa shape index (κ1) is 14.5. The van der Waals surface area contributed by atoms with Crippen LogP contribution in [0.1, 0.15) is 0 Å². The van der Waals surface area contributed by atoms with Crippen molar-refractivity contribution >= 4 is 35.4 Å². The maximum atomic E-state index is 2.30. The second-order valence-corrected chi connectivity index (χ2v) is 17.6. The van der Waals surface area contributed by atoms with Gasteiger partial charge >= 0.3 is 133 Å². The number of hydrogen-bond acceptors (Lipinski definition) is 1. The van der Waals surface area contributed by atoms with Gasteiger partial charge in [-0.1, -0.05) is 0 Å². The summed E-state index contributed by atoms with van der Waals surface area (Å²) < 4.78 is 4.51. The van der Waals surface area contributed by atoms with E-state index in [1.807, 2.05) is 0 Å². The van der Waals surface area contributed by atoms with Crippen molar-refractivity contribution in [1.82, 2.24) is 0 Å². The molecule has 0 saturated carbocycles. The molecule has 2 heteroatoms. The second kappa shape index (κ2) is 6.54. The van der Waals surface area contributed by atoms with Gasteiger partial charge in [0.15, 0.2) is 0 Å². The first-order valence-electron chi connectivity index (χ1n) is 7.09. The standard InChI is InChI=1S/C19H18GeS/c1-21-20(17-11-5-2-6-12-17,18-13-7-3-8-14-18)19-15-9-4-10-16-19/h2-16H,1H3. The molecule has 3 rings (SSSR count). The predicted molar refractivity (Wildman–Crippen MR) is 97.5 cm³/mol. The number of hydrogen-bond donors (Lipinski definition) is 0. The molecule has 0 amide bonds. The van der Waals surface area contributed by atoms with Crippen LogP contribution in [-0.4, -0.2) is 18.4 Å². The van der Waals surface area contributed by atoms with Gasteiger partial charge in [0.25, 0.3) is 0 Å². The van der Waals surface area contributed by atoms with Gasteiger partial charge in [0.1, 0.15) is 0 Å². The van der Waals surface area contributed by atoms with E-state index < -0.39 is 12.1 Å². The van der Waals surface area contributed by atoms with Crippen LogP contribution in [0.3, 0.4) is 0 Å². The maximum absolute atomic E-state index is 2.62. The van der Waals surface area contributed by atoms with Gasteiger partial charge < -0.3 is 0 Å². The predicted octanol–water partition coefficient (Wildman–Crippen LogP) is 3.02. The van der Waals surface area contributed by atoms with E-state index in [-0.39, 0.29) is 0 Å². The quantitative estimate of drug-likeness (QED) is 0.652. The van der Waals surface area contributed by atoms with Gasteiger partial charge in [0.05, 0.1) is 0 Å². The third-order valence-corrected chi connectivity index (χ3v) is 19.2. The monoisotopic (exact) mass is 352 g/mol. The van der Waals surface area contributed by atoms with Crippen molar-refractivity contribution in [3.05, 3.63) is 91.0 Å². The summed E-state index contributed by atoms with van der Waals surface area (Å²) in [5, 5.41) is 0. The van der Waals surface area contributed by atoms with Crippen molar-refractivity contribution in [2.45, 2.75) is 0 Å². The Labute approximate surface area is 132 Å². The van der Waals surface area contributed by atoms with Gasteiger partial charge in [-0.2, -0.15) is 0 Å². The van der Waals surface area contributed by atoms with E-state index in [1.165, 1.54) is 13.2 Å². The van der Waals surface area contributed by atoms with Crippen LogP contribution in [0, 0.1) is 0 Å². The van der Waals surface area contributed by atoms with E-state index in [2.05, 4.69) is 107 Å². The molecule has 0 heterocycles. The molecule has 0 nitrogen and oxygen atoms in total. The molecule has 0 unspecified atom stereocenters. The van der Waals surface area contributed by atoms with Crippen molar-refractivity contribution < 1.29 is 0 Å². The van der Waals surface area contributed by atoms with Crippen molar-refractivity contribution in [1.29, 1.82) is 0 Å². The van der Waals surface area contributed by atoms with Crippen LogP contribution >= 0.6 is 10.1 Å². The molecule has 0 radical (unpaired) electrons. The van der Waals surface area contributed by atoms with Gasteiger partial charge in [-0.05, 0) is 0 Å². The summed E-state index contributed by atoms with van der Waals surface area (Å²) in [6, 6.07) is 33.1. The van der Waals surface area contributed by atoms with Gasteiger partial charge in [0.2, 0.25) is 0 Å². The Balaban J connectivity index is 2.29. The van der Waals surface area contributed by atoms with Crippen LogP contribution in [0.5, 0.6) is 0 Å². The van der Waals surface area contributed by atoms with E-state index in [0.717, 1.165) is 0 Å². The first-order valence-corrected chi connectivity index (χ1v) is 14.0. The summed E-state index contributed by atoms with van der Waals surface area (Å²) in [6.07, 6.45) is 2.27. The third-order valence-electron chi connectivity index (χ3n) is 3.85. The van der Waals surface area contributed by atoms with Gasteiger partial charge in [-0.25, -0.2) is 0 Å². The summed E-state index contributed by atoms with van der Waals surface area (Å²) in [5.41, 5.74) is 0.